The number of aryl methyl sites for hydroxylation is 2. The first-order chi connectivity index (χ1) is 8.74. The van der Waals surface area contributed by atoms with Crippen molar-refractivity contribution in [3.05, 3.63) is 53.7 Å². The SMILES string of the molecule is Cc1ccc(CNC(=O)CCc2ccncc2)o1. The van der Waals surface area contributed by atoms with Crippen molar-refractivity contribution in [3.63, 3.8) is 0 Å². The average molecular weight is 244 g/mol. The fourth-order valence-electron chi connectivity index (χ4n) is 1.66. The molecule has 0 spiro atoms. The van der Waals surface area contributed by atoms with E-state index in [1.165, 1.54) is 0 Å². The predicted molar refractivity (Wildman–Crippen MR) is 67.8 cm³/mol. The van der Waals surface area contributed by atoms with Gasteiger partial charge in [-0.2, -0.15) is 0 Å². The van der Waals surface area contributed by atoms with Crippen LogP contribution in [0.4, 0.5) is 0 Å². The largest absolute Gasteiger partial charge is 0.465 e. The summed E-state index contributed by atoms with van der Waals surface area (Å²) in [6.07, 6.45) is 4.67. The quantitative estimate of drug-likeness (QED) is 0.877. The number of nitrogens with one attached hydrogen (secondary N) is 1. The van der Waals surface area contributed by atoms with E-state index in [1.807, 2.05) is 31.2 Å². The predicted octanol–water partition coefficient (Wildman–Crippen LogP) is 2.23. The summed E-state index contributed by atoms with van der Waals surface area (Å²) in [5.41, 5.74) is 1.12. The Morgan fingerprint density at radius 2 is 2.06 bits per heavy atom. The molecule has 0 saturated heterocycles. The zero-order valence-electron chi connectivity index (χ0n) is 10.3. The topological polar surface area (TPSA) is 55.1 Å². The lowest BCUT2D eigenvalue weighted by Crippen LogP contribution is -2.22. The molecule has 4 heteroatoms. The third kappa shape index (κ3) is 3.73. The number of rotatable bonds is 5. The van der Waals surface area contributed by atoms with E-state index in [2.05, 4.69) is 10.3 Å². The summed E-state index contributed by atoms with van der Waals surface area (Å²) < 4.78 is 5.37. The van der Waals surface area contributed by atoms with Crippen LogP contribution in [0.3, 0.4) is 0 Å². The molecule has 2 aromatic rings. The first kappa shape index (κ1) is 12.4. The summed E-state index contributed by atoms with van der Waals surface area (Å²) in [7, 11) is 0. The molecule has 0 unspecified atom stereocenters. The lowest BCUT2D eigenvalue weighted by atomic mass is 10.1. The molecule has 94 valence electrons. The fourth-order valence-corrected chi connectivity index (χ4v) is 1.66. The molecule has 0 aromatic carbocycles. The first-order valence-corrected chi connectivity index (χ1v) is 5.95. The zero-order valence-corrected chi connectivity index (χ0v) is 10.3. The van der Waals surface area contributed by atoms with E-state index >= 15 is 0 Å². The van der Waals surface area contributed by atoms with Crippen molar-refractivity contribution < 1.29 is 9.21 Å². The molecule has 2 rings (SSSR count). The van der Waals surface area contributed by atoms with E-state index < -0.39 is 0 Å². The van der Waals surface area contributed by atoms with E-state index in [9.17, 15) is 4.79 Å². The molecule has 0 saturated carbocycles. The van der Waals surface area contributed by atoms with Gasteiger partial charge < -0.3 is 9.73 Å². The molecule has 2 aromatic heterocycles. The highest BCUT2D eigenvalue weighted by molar-refractivity contribution is 5.76. The summed E-state index contributed by atoms with van der Waals surface area (Å²) in [5, 5.41) is 2.83. The lowest BCUT2D eigenvalue weighted by molar-refractivity contribution is -0.121. The highest BCUT2D eigenvalue weighted by Crippen LogP contribution is 2.06. The fraction of sp³-hybridized carbons (Fsp3) is 0.286. The second-order valence-corrected chi connectivity index (χ2v) is 4.14. The smallest absolute Gasteiger partial charge is 0.220 e. The van der Waals surface area contributed by atoms with Gasteiger partial charge >= 0.3 is 0 Å². The Kier molecular flexibility index (Phi) is 4.12. The van der Waals surface area contributed by atoms with Gasteiger partial charge in [0.25, 0.3) is 0 Å². The van der Waals surface area contributed by atoms with Crippen LogP contribution in [-0.2, 0) is 17.8 Å². The number of hydrogen-bond donors (Lipinski definition) is 1. The van der Waals surface area contributed by atoms with Crippen LogP contribution in [0.5, 0.6) is 0 Å². The van der Waals surface area contributed by atoms with Gasteiger partial charge in [-0.15, -0.1) is 0 Å². The summed E-state index contributed by atoms with van der Waals surface area (Å²) in [4.78, 5) is 15.6. The van der Waals surface area contributed by atoms with Gasteiger partial charge in [-0.05, 0) is 43.2 Å². The minimum Gasteiger partial charge on any atom is -0.465 e. The number of carbonyl (C=O) groups is 1. The Balaban J connectivity index is 1.73. The Labute approximate surface area is 106 Å². The highest BCUT2D eigenvalue weighted by Gasteiger charge is 2.04. The highest BCUT2D eigenvalue weighted by atomic mass is 16.3. The summed E-state index contributed by atoms with van der Waals surface area (Å²) in [6.45, 7) is 2.33. The maximum atomic E-state index is 11.6. The number of nitrogens with zero attached hydrogens (tertiary/aromatic N) is 1. The van der Waals surface area contributed by atoms with Crippen LogP contribution < -0.4 is 5.32 Å². The van der Waals surface area contributed by atoms with Crippen LogP contribution in [0.25, 0.3) is 0 Å². The molecular weight excluding hydrogens is 228 g/mol. The van der Waals surface area contributed by atoms with Crippen molar-refractivity contribution in [2.75, 3.05) is 0 Å². The van der Waals surface area contributed by atoms with Gasteiger partial charge in [-0.25, -0.2) is 0 Å². The second kappa shape index (κ2) is 6.00. The molecule has 4 nitrogen and oxygen atoms in total. The molecule has 0 fully saturated rings. The second-order valence-electron chi connectivity index (χ2n) is 4.14. The number of pyridine rings is 1. The molecule has 18 heavy (non-hydrogen) atoms. The van der Waals surface area contributed by atoms with Crippen LogP contribution in [0.15, 0.2) is 41.1 Å². The van der Waals surface area contributed by atoms with Crippen molar-refractivity contribution in [2.45, 2.75) is 26.3 Å². The van der Waals surface area contributed by atoms with E-state index in [4.69, 9.17) is 4.42 Å². The summed E-state index contributed by atoms with van der Waals surface area (Å²) in [5.74, 6) is 1.67. The molecular formula is C14H16N2O2. The molecule has 0 radical (unpaired) electrons. The maximum Gasteiger partial charge on any atom is 0.220 e. The Bertz CT molecular complexity index is 506. The molecule has 1 amide bonds. The van der Waals surface area contributed by atoms with Crippen molar-refractivity contribution in [1.82, 2.24) is 10.3 Å². The Hall–Kier alpha value is -2.10. The minimum absolute atomic E-state index is 0.0286. The molecule has 0 aliphatic rings. The molecule has 0 atom stereocenters. The molecule has 0 aliphatic carbocycles. The third-order valence-corrected chi connectivity index (χ3v) is 2.65. The van der Waals surface area contributed by atoms with Crippen molar-refractivity contribution in [1.29, 1.82) is 0 Å². The molecule has 0 bridgehead atoms. The van der Waals surface area contributed by atoms with Crippen LogP contribution in [0.2, 0.25) is 0 Å². The van der Waals surface area contributed by atoms with E-state index in [0.29, 0.717) is 13.0 Å². The minimum atomic E-state index is 0.0286. The normalized spacial score (nSPS) is 10.3. The molecule has 2 heterocycles. The van der Waals surface area contributed by atoms with Gasteiger partial charge in [-0.1, -0.05) is 0 Å². The number of amides is 1. The maximum absolute atomic E-state index is 11.6. The number of hydrogen-bond acceptors (Lipinski definition) is 3. The van der Waals surface area contributed by atoms with E-state index in [-0.39, 0.29) is 5.91 Å². The van der Waals surface area contributed by atoms with Crippen LogP contribution >= 0.6 is 0 Å². The third-order valence-electron chi connectivity index (χ3n) is 2.65. The molecule has 1 N–H and O–H groups in total. The molecule has 0 aliphatic heterocycles. The van der Waals surface area contributed by atoms with Gasteiger partial charge in [0.1, 0.15) is 11.5 Å². The standard InChI is InChI=1S/C14H16N2O2/c1-11-2-4-13(18-11)10-16-14(17)5-3-12-6-8-15-9-7-12/h2,4,6-9H,3,5,10H2,1H3,(H,16,17). The first-order valence-electron chi connectivity index (χ1n) is 5.95. The van der Waals surface area contributed by atoms with Gasteiger partial charge in [0.2, 0.25) is 5.91 Å². The van der Waals surface area contributed by atoms with Crippen LogP contribution in [0, 0.1) is 6.92 Å². The number of carbonyl (C=O) groups excluding carboxylic acids is 1. The van der Waals surface area contributed by atoms with Gasteiger partial charge in [-0.3, -0.25) is 9.78 Å². The summed E-state index contributed by atoms with van der Waals surface area (Å²) >= 11 is 0. The number of furan rings is 1. The lowest BCUT2D eigenvalue weighted by Gasteiger charge is -2.03. The zero-order chi connectivity index (χ0) is 12.8. The van der Waals surface area contributed by atoms with Gasteiger partial charge in [0.15, 0.2) is 0 Å². The Morgan fingerprint density at radius 1 is 1.28 bits per heavy atom. The van der Waals surface area contributed by atoms with Gasteiger partial charge in [0, 0.05) is 18.8 Å². The van der Waals surface area contributed by atoms with Gasteiger partial charge in [0.05, 0.1) is 6.54 Å². The number of aromatic nitrogens is 1. The monoisotopic (exact) mass is 244 g/mol. The average Bonchev–Trinajstić information content (AvgIpc) is 2.81. The van der Waals surface area contributed by atoms with Crippen molar-refractivity contribution in [3.8, 4) is 0 Å². The van der Waals surface area contributed by atoms with Crippen molar-refractivity contribution in [2.24, 2.45) is 0 Å². The Morgan fingerprint density at radius 3 is 2.72 bits per heavy atom. The van der Waals surface area contributed by atoms with Crippen LogP contribution in [-0.4, -0.2) is 10.9 Å². The summed E-state index contributed by atoms with van der Waals surface area (Å²) in [6, 6.07) is 7.60. The van der Waals surface area contributed by atoms with E-state index in [0.717, 1.165) is 23.5 Å². The van der Waals surface area contributed by atoms with E-state index in [1.54, 1.807) is 12.4 Å². The van der Waals surface area contributed by atoms with Crippen molar-refractivity contribution >= 4 is 5.91 Å². The van der Waals surface area contributed by atoms with Crippen LogP contribution in [0.1, 0.15) is 23.5 Å².